The Bertz CT molecular complexity index is 542. The van der Waals surface area contributed by atoms with Gasteiger partial charge in [0.15, 0.2) is 0 Å². The van der Waals surface area contributed by atoms with Crippen LogP contribution in [0.4, 0.5) is 0 Å². The maximum Gasteiger partial charge on any atom is 0.133 e. The highest BCUT2D eigenvalue weighted by Gasteiger charge is 2.14. The lowest BCUT2D eigenvalue weighted by atomic mass is 9.98. The lowest BCUT2D eigenvalue weighted by Crippen LogP contribution is -2.23. The lowest BCUT2D eigenvalue weighted by Gasteiger charge is -2.20. The van der Waals surface area contributed by atoms with Crippen molar-refractivity contribution in [1.29, 1.82) is 0 Å². The summed E-state index contributed by atoms with van der Waals surface area (Å²) in [6.45, 7) is 3.17. The van der Waals surface area contributed by atoms with Gasteiger partial charge in [-0.2, -0.15) is 0 Å². The molecule has 0 aromatic heterocycles. The fourth-order valence-corrected chi connectivity index (χ4v) is 2.78. The van der Waals surface area contributed by atoms with Crippen molar-refractivity contribution in [2.75, 3.05) is 13.7 Å². The molecule has 0 aliphatic carbocycles. The van der Waals surface area contributed by atoms with E-state index in [4.69, 9.17) is 4.74 Å². The number of benzene rings is 2. The molecule has 2 aromatic carbocycles. The topological polar surface area (TPSA) is 21.3 Å². The Hall–Kier alpha value is -1.32. The zero-order chi connectivity index (χ0) is 14.4. The van der Waals surface area contributed by atoms with Gasteiger partial charge in [0.25, 0.3) is 0 Å². The molecule has 0 aliphatic heterocycles. The SMILES string of the molecule is CCCNC(c1ccccc1)c1ccc(OC)c(Br)c1. The predicted molar refractivity (Wildman–Crippen MR) is 87.3 cm³/mol. The minimum atomic E-state index is 0.207. The molecule has 1 N–H and O–H groups in total. The van der Waals surface area contributed by atoms with E-state index in [0.29, 0.717) is 0 Å². The molecule has 0 aliphatic rings. The van der Waals surface area contributed by atoms with Crippen LogP contribution in [-0.2, 0) is 0 Å². The molecule has 0 bridgehead atoms. The maximum absolute atomic E-state index is 5.30. The second kappa shape index (κ2) is 7.46. The van der Waals surface area contributed by atoms with Gasteiger partial charge >= 0.3 is 0 Å². The van der Waals surface area contributed by atoms with Gasteiger partial charge in [0.05, 0.1) is 17.6 Å². The Morgan fingerprint density at radius 1 is 1.10 bits per heavy atom. The minimum absolute atomic E-state index is 0.207. The first-order valence-corrected chi connectivity index (χ1v) is 7.67. The van der Waals surface area contributed by atoms with Gasteiger partial charge in [-0.15, -0.1) is 0 Å². The molecule has 2 nitrogen and oxygen atoms in total. The number of ether oxygens (including phenoxy) is 1. The first kappa shape index (κ1) is 15.1. The van der Waals surface area contributed by atoms with E-state index in [-0.39, 0.29) is 6.04 Å². The van der Waals surface area contributed by atoms with Crippen LogP contribution in [0.1, 0.15) is 30.5 Å². The van der Waals surface area contributed by atoms with Crippen LogP contribution in [-0.4, -0.2) is 13.7 Å². The Morgan fingerprint density at radius 2 is 1.85 bits per heavy atom. The fourth-order valence-electron chi connectivity index (χ4n) is 2.22. The summed E-state index contributed by atoms with van der Waals surface area (Å²) in [5.74, 6) is 0.857. The van der Waals surface area contributed by atoms with Crippen LogP contribution in [0.15, 0.2) is 53.0 Å². The van der Waals surface area contributed by atoms with Crippen LogP contribution in [0.3, 0.4) is 0 Å². The third-order valence-corrected chi connectivity index (χ3v) is 3.86. The summed E-state index contributed by atoms with van der Waals surface area (Å²) in [5, 5.41) is 3.61. The van der Waals surface area contributed by atoms with Crippen molar-refractivity contribution in [3.63, 3.8) is 0 Å². The molecule has 0 radical (unpaired) electrons. The minimum Gasteiger partial charge on any atom is -0.496 e. The third-order valence-electron chi connectivity index (χ3n) is 3.24. The van der Waals surface area contributed by atoms with Gasteiger partial charge in [-0.1, -0.05) is 43.3 Å². The highest BCUT2D eigenvalue weighted by atomic mass is 79.9. The van der Waals surface area contributed by atoms with Crippen molar-refractivity contribution in [3.8, 4) is 5.75 Å². The quantitative estimate of drug-likeness (QED) is 0.837. The molecule has 0 saturated carbocycles. The maximum atomic E-state index is 5.30. The highest BCUT2D eigenvalue weighted by molar-refractivity contribution is 9.10. The lowest BCUT2D eigenvalue weighted by molar-refractivity contribution is 0.411. The first-order chi connectivity index (χ1) is 9.76. The monoisotopic (exact) mass is 333 g/mol. The van der Waals surface area contributed by atoms with Crippen molar-refractivity contribution in [2.45, 2.75) is 19.4 Å². The average Bonchev–Trinajstić information content (AvgIpc) is 2.49. The fraction of sp³-hybridized carbons (Fsp3) is 0.294. The van der Waals surface area contributed by atoms with E-state index in [0.717, 1.165) is 23.2 Å². The number of rotatable bonds is 6. The zero-order valence-corrected chi connectivity index (χ0v) is 13.5. The number of nitrogens with one attached hydrogen (secondary N) is 1. The molecular formula is C17H20BrNO. The smallest absolute Gasteiger partial charge is 0.133 e. The molecule has 0 amide bonds. The van der Waals surface area contributed by atoms with Gasteiger partial charge in [-0.3, -0.25) is 0 Å². The molecule has 0 fully saturated rings. The molecule has 106 valence electrons. The van der Waals surface area contributed by atoms with E-state index in [1.807, 2.05) is 12.1 Å². The highest BCUT2D eigenvalue weighted by Crippen LogP contribution is 2.30. The molecule has 0 spiro atoms. The summed E-state index contributed by atoms with van der Waals surface area (Å²) in [7, 11) is 1.68. The standard InChI is InChI=1S/C17H20BrNO/c1-3-11-19-17(13-7-5-4-6-8-13)14-9-10-16(20-2)15(18)12-14/h4-10,12,17,19H,3,11H2,1-2H3. The summed E-state index contributed by atoms with van der Waals surface area (Å²) in [6, 6.07) is 17.0. The van der Waals surface area contributed by atoms with Crippen LogP contribution >= 0.6 is 15.9 Å². The van der Waals surface area contributed by atoms with E-state index < -0.39 is 0 Å². The van der Waals surface area contributed by atoms with Gasteiger partial charge in [-0.05, 0) is 52.2 Å². The second-order valence-electron chi connectivity index (χ2n) is 4.69. The number of hydrogen-bond acceptors (Lipinski definition) is 2. The van der Waals surface area contributed by atoms with E-state index in [2.05, 4.69) is 64.6 Å². The van der Waals surface area contributed by atoms with Crippen molar-refractivity contribution in [2.24, 2.45) is 0 Å². The molecule has 20 heavy (non-hydrogen) atoms. The predicted octanol–water partition coefficient (Wildman–Crippen LogP) is 4.55. The molecule has 1 atom stereocenters. The number of hydrogen-bond donors (Lipinski definition) is 1. The second-order valence-corrected chi connectivity index (χ2v) is 5.55. The zero-order valence-electron chi connectivity index (χ0n) is 11.9. The normalized spacial score (nSPS) is 12.2. The molecule has 0 heterocycles. The van der Waals surface area contributed by atoms with Crippen molar-refractivity contribution in [1.82, 2.24) is 5.32 Å². The van der Waals surface area contributed by atoms with Gasteiger partial charge in [0.2, 0.25) is 0 Å². The summed E-state index contributed by atoms with van der Waals surface area (Å²) in [5.41, 5.74) is 2.51. The summed E-state index contributed by atoms with van der Waals surface area (Å²) >= 11 is 3.56. The van der Waals surface area contributed by atoms with Gasteiger partial charge in [0, 0.05) is 0 Å². The third kappa shape index (κ3) is 3.62. The van der Waals surface area contributed by atoms with E-state index in [9.17, 15) is 0 Å². The van der Waals surface area contributed by atoms with Crippen LogP contribution in [0.25, 0.3) is 0 Å². The summed E-state index contributed by atoms with van der Waals surface area (Å²) in [4.78, 5) is 0. The Kier molecular flexibility index (Phi) is 5.62. The van der Waals surface area contributed by atoms with Crippen LogP contribution < -0.4 is 10.1 Å². The summed E-state index contributed by atoms with van der Waals surface area (Å²) in [6.07, 6.45) is 1.11. The van der Waals surface area contributed by atoms with Crippen molar-refractivity contribution >= 4 is 15.9 Å². The number of methoxy groups -OCH3 is 1. The van der Waals surface area contributed by atoms with Crippen molar-refractivity contribution in [3.05, 3.63) is 64.1 Å². The van der Waals surface area contributed by atoms with Gasteiger partial charge < -0.3 is 10.1 Å². The molecule has 2 aromatic rings. The van der Waals surface area contributed by atoms with Crippen LogP contribution in [0, 0.1) is 0 Å². The van der Waals surface area contributed by atoms with Crippen molar-refractivity contribution < 1.29 is 4.74 Å². The molecular weight excluding hydrogens is 314 g/mol. The Morgan fingerprint density at radius 3 is 2.45 bits per heavy atom. The summed E-state index contributed by atoms with van der Waals surface area (Å²) < 4.78 is 6.28. The van der Waals surface area contributed by atoms with Crippen LogP contribution in [0.5, 0.6) is 5.75 Å². The average molecular weight is 334 g/mol. The van der Waals surface area contributed by atoms with Crippen LogP contribution in [0.2, 0.25) is 0 Å². The van der Waals surface area contributed by atoms with Gasteiger partial charge in [0.1, 0.15) is 5.75 Å². The van der Waals surface area contributed by atoms with E-state index >= 15 is 0 Å². The number of halogens is 1. The van der Waals surface area contributed by atoms with Gasteiger partial charge in [-0.25, -0.2) is 0 Å². The van der Waals surface area contributed by atoms with E-state index in [1.165, 1.54) is 11.1 Å². The Balaban J connectivity index is 2.33. The molecule has 2 rings (SSSR count). The Labute approximate surface area is 129 Å². The first-order valence-electron chi connectivity index (χ1n) is 6.88. The van der Waals surface area contributed by atoms with E-state index in [1.54, 1.807) is 7.11 Å². The molecule has 0 saturated heterocycles. The molecule has 3 heteroatoms. The molecule has 1 unspecified atom stereocenters. The largest absolute Gasteiger partial charge is 0.496 e.